The molecule has 0 fully saturated rings. The van der Waals surface area contributed by atoms with Gasteiger partial charge in [0.15, 0.2) is 9.84 Å². The van der Waals surface area contributed by atoms with Crippen LogP contribution in [0.4, 0.5) is 0 Å². The lowest BCUT2D eigenvalue weighted by Crippen LogP contribution is -2.05. The van der Waals surface area contributed by atoms with Gasteiger partial charge in [0, 0.05) is 5.75 Å². The Kier molecular flexibility index (Phi) is 3.54. The van der Waals surface area contributed by atoms with Crippen LogP contribution in [0.15, 0.2) is 12.2 Å². The molecule has 0 aromatic heterocycles. The van der Waals surface area contributed by atoms with Crippen molar-refractivity contribution in [3.63, 3.8) is 0 Å². The second kappa shape index (κ2) is 3.67. The Morgan fingerprint density at radius 3 is 2.33 bits per heavy atom. The molecule has 0 aromatic rings. The van der Waals surface area contributed by atoms with Gasteiger partial charge in [0.25, 0.3) is 0 Å². The van der Waals surface area contributed by atoms with E-state index in [-0.39, 0.29) is 11.5 Å². The maximum atomic E-state index is 10.7. The number of rotatable bonds is 3. The van der Waals surface area contributed by atoms with E-state index in [0.717, 1.165) is 0 Å². The molecule has 0 rings (SSSR count). The second-order valence-corrected chi connectivity index (χ2v) is 4.17. The standard InChI is InChI=1S/C6H12O2S/c1-3-5-6-9(7,8)4-2/h3,5H,4,6H2,1-2H3. The molecule has 0 N–H and O–H groups in total. The Labute approximate surface area is 56.5 Å². The minimum atomic E-state index is -2.77. The first-order valence-corrected chi connectivity index (χ1v) is 4.76. The molecule has 0 radical (unpaired) electrons. The van der Waals surface area contributed by atoms with Crippen LogP contribution in [0.2, 0.25) is 0 Å². The molecular formula is C6H12O2S. The summed E-state index contributed by atoms with van der Waals surface area (Å²) >= 11 is 0. The molecule has 0 spiro atoms. The van der Waals surface area contributed by atoms with E-state index in [0.29, 0.717) is 0 Å². The maximum absolute atomic E-state index is 10.7. The predicted octanol–water partition coefficient (Wildman–Crippen LogP) is 0.997. The van der Waals surface area contributed by atoms with Crippen LogP contribution in [-0.2, 0) is 9.84 Å². The summed E-state index contributed by atoms with van der Waals surface area (Å²) in [5, 5.41) is 0. The molecule has 0 aromatic carbocycles. The zero-order valence-corrected chi connectivity index (χ0v) is 6.61. The van der Waals surface area contributed by atoms with E-state index in [4.69, 9.17) is 0 Å². The van der Waals surface area contributed by atoms with Crippen molar-refractivity contribution in [2.24, 2.45) is 0 Å². The van der Waals surface area contributed by atoms with Gasteiger partial charge in [-0.25, -0.2) is 8.42 Å². The highest BCUT2D eigenvalue weighted by atomic mass is 32.2. The Morgan fingerprint density at radius 1 is 1.44 bits per heavy atom. The quantitative estimate of drug-likeness (QED) is 0.559. The van der Waals surface area contributed by atoms with Gasteiger partial charge in [-0.2, -0.15) is 0 Å². The van der Waals surface area contributed by atoms with Crippen molar-refractivity contribution in [3.05, 3.63) is 12.2 Å². The molecule has 0 atom stereocenters. The molecule has 0 saturated heterocycles. The SMILES string of the molecule is CC=CCS(=O)(=O)CC. The van der Waals surface area contributed by atoms with Crippen molar-refractivity contribution < 1.29 is 8.42 Å². The van der Waals surface area contributed by atoms with E-state index in [1.54, 1.807) is 19.1 Å². The largest absolute Gasteiger partial charge is 0.229 e. The molecule has 0 amide bonds. The molecule has 2 nitrogen and oxygen atoms in total. The molecule has 0 bridgehead atoms. The van der Waals surface area contributed by atoms with Crippen molar-refractivity contribution in [2.75, 3.05) is 11.5 Å². The first kappa shape index (κ1) is 8.69. The van der Waals surface area contributed by atoms with Crippen LogP contribution in [0.1, 0.15) is 13.8 Å². The summed E-state index contributed by atoms with van der Waals surface area (Å²) in [6.07, 6.45) is 3.39. The summed E-state index contributed by atoms with van der Waals surface area (Å²) in [4.78, 5) is 0. The van der Waals surface area contributed by atoms with Crippen molar-refractivity contribution in [2.45, 2.75) is 13.8 Å². The summed E-state index contributed by atoms with van der Waals surface area (Å²) in [6.45, 7) is 3.46. The van der Waals surface area contributed by atoms with Gasteiger partial charge < -0.3 is 0 Å². The molecule has 0 aliphatic carbocycles. The number of allylic oxidation sites excluding steroid dienone is 1. The molecule has 0 aliphatic heterocycles. The Morgan fingerprint density at radius 2 is 2.00 bits per heavy atom. The van der Waals surface area contributed by atoms with Gasteiger partial charge in [-0.05, 0) is 6.92 Å². The van der Waals surface area contributed by atoms with Crippen LogP contribution in [0, 0.1) is 0 Å². The highest BCUT2D eigenvalue weighted by Crippen LogP contribution is 1.88. The molecule has 0 unspecified atom stereocenters. The van der Waals surface area contributed by atoms with Crippen LogP contribution >= 0.6 is 0 Å². The maximum Gasteiger partial charge on any atom is 0.153 e. The molecule has 0 aliphatic rings. The van der Waals surface area contributed by atoms with E-state index < -0.39 is 9.84 Å². The van der Waals surface area contributed by atoms with Gasteiger partial charge >= 0.3 is 0 Å². The van der Waals surface area contributed by atoms with Crippen molar-refractivity contribution in [1.82, 2.24) is 0 Å². The average molecular weight is 148 g/mol. The summed E-state index contributed by atoms with van der Waals surface area (Å²) in [5.41, 5.74) is 0. The fourth-order valence-electron chi connectivity index (χ4n) is 0.361. The summed E-state index contributed by atoms with van der Waals surface area (Å²) < 4.78 is 21.4. The first-order chi connectivity index (χ1) is 4.12. The monoisotopic (exact) mass is 148 g/mol. The minimum Gasteiger partial charge on any atom is -0.229 e. The lowest BCUT2D eigenvalue weighted by molar-refractivity contribution is 0.600. The van der Waals surface area contributed by atoms with Crippen LogP contribution in [0.5, 0.6) is 0 Å². The zero-order valence-electron chi connectivity index (χ0n) is 5.79. The van der Waals surface area contributed by atoms with Crippen LogP contribution in [0.3, 0.4) is 0 Å². The summed E-state index contributed by atoms with van der Waals surface area (Å²) in [6, 6.07) is 0. The normalized spacial score (nSPS) is 12.7. The molecule has 3 heteroatoms. The smallest absolute Gasteiger partial charge is 0.153 e. The molecule has 0 saturated carbocycles. The van der Waals surface area contributed by atoms with E-state index in [1.165, 1.54) is 0 Å². The third-order valence-corrected chi connectivity index (χ3v) is 2.61. The van der Waals surface area contributed by atoms with Crippen molar-refractivity contribution >= 4 is 9.84 Å². The van der Waals surface area contributed by atoms with E-state index in [2.05, 4.69) is 0 Å². The van der Waals surface area contributed by atoms with Crippen molar-refractivity contribution in [1.29, 1.82) is 0 Å². The van der Waals surface area contributed by atoms with Gasteiger partial charge in [-0.3, -0.25) is 0 Å². The first-order valence-electron chi connectivity index (χ1n) is 2.94. The highest BCUT2D eigenvalue weighted by molar-refractivity contribution is 7.91. The third kappa shape index (κ3) is 4.21. The topological polar surface area (TPSA) is 34.1 Å². The van der Waals surface area contributed by atoms with Crippen LogP contribution in [0.25, 0.3) is 0 Å². The van der Waals surface area contributed by atoms with Gasteiger partial charge in [0.2, 0.25) is 0 Å². The van der Waals surface area contributed by atoms with E-state index in [9.17, 15) is 8.42 Å². The second-order valence-electron chi connectivity index (χ2n) is 1.77. The van der Waals surface area contributed by atoms with Crippen molar-refractivity contribution in [3.8, 4) is 0 Å². The Balaban J connectivity index is 3.90. The average Bonchev–Trinajstić information content (AvgIpc) is 1.84. The zero-order chi connectivity index (χ0) is 7.33. The van der Waals surface area contributed by atoms with Crippen LogP contribution < -0.4 is 0 Å². The number of hydrogen-bond acceptors (Lipinski definition) is 2. The lowest BCUT2D eigenvalue weighted by Gasteiger charge is -1.91. The van der Waals surface area contributed by atoms with Gasteiger partial charge in [0.1, 0.15) is 0 Å². The van der Waals surface area contributed by atoms with Gasteiger partial charge in [0.05, 0.1) is 5.75 Å². The molecule has 54 valence electrons. The van der Waals surface area contributed by atoms with Gasteiger partial charge in [-0.15, -0.1) is 0 Å². The fourth-order valence-corrected chi connectivity index (χ4v) is 1.08. The van der Waals surface area contributed by atoms with E-state index in [1.807, 2.05) is 6.92 Å². The highest BCUT2D eigenvalue weighted by Gasteiger charge is 2.01. The number of hydrogen-bond donors (Lipinski definition) is 0. The number of sulfone groups is 1. The third-order valence-electron chi connectivity index (χ3n) is 1.03. The van der Waals surface area contributed by atoms with Crippen LogP contribution in [-0.4, -0.2) is 19.9 Å². The van der Waals surface area contributed by atoms with Gasteiger partial charge in [-0.1, -0.05) is 19.1 Å². The Hall–Kier alpha value is -0.310. The fraction of sp³-hybridized carbons (Fsp3) is 0.667. The summed E-state index contributed by atoms with van der Waals surface area (Å²) in [5.74, 6) is 0.414. The lowest BCUT2D eigenvalue weighted by atomic mass is 10.6. The molecule has 0 heterocycles. The Bertz CT molecular complexity index is 177. The summed E-state index contributed by atoms with van der Waals surface area (Å²) in [7, 11) is -2.77. The molecule has 9 heavy (non-hydrogen) atoms. The van der Waals surface area contributed by atoms with E-state index >= 15 is 0 Å². The molecular weight excluding hydrogens is 136 g/mol. The predicted molar refractivity (Wildman–Crippen MR) is 39.1 cm³/mol. The minimum absolute atomic E-state index is 0.181.